The molecular weight excluding hydrogens is 291 g/mol. The molecule has 0 aliphatic carbocycles. The zero-order valence-electron chi connectivity index (χ0n) is 11.4. The molecule has 1 unspecified atom stereocenters. The van der Waals surface area contributed by atoms with Crippen LogP contribution in [0, 0.1) is 0 Å². The van der Waals surface area contributed by atoms with Crippen LogP contribution in [-0.2, 0) is 6.54 Å². The highest BCUT2D eigenvalue weighted by Crippen LogP contribution is 2.25. The summed E-state index contributed by atoms with van der Waals surface area (Å²) in [6, 6.07) is 15.8. The molecule has 0 saturated carbocycles. The molecule has 0 fully saturated rings. The Morgan fingerprint density at radius 3 is 2.50 bits per heavy atom. The second-order valence-corrected chi connectivity index (χ2v) is 5.66. The van der Waals surface area contributed by atoms with Gasteiger partial charge in [0.25, 0.3) is 0 Å². The van der Waals surface area contributed by atoms with E-state index >= 15 is 0 Å². The Morgan fingerprint density at radius 1 is 1.10 bits per heavy atom. The fourth-order valence-corrected chi connectivity index (χ4v) is 2.68. The van der Waals surface area contributed by atoms with Gasteiger partial charge in [-0.05, 0) is 36.4 Å². The van der Waals surface area contributed by atoms with Crippen molar-refractivity contribution in [2.45, 2.75) is 12.6 Å². The van der Waals surface area contributed by atoms with Gasteiger partial charge in [0.05, 0.1) is 0 Å². The fourth-order valence-electron chi connectivity index (χ4n) is 2.29. The van der Waals surface area contributed by atoms with Gasteiger partial charge < -0.3 is 5.73 Å². The van der Waals surface area contributed by atoms with Crippen molar-refractivity contribution in [2.75, 3.05) is 13.6 Å². The average molecular weight is 309 g/mol. The Labute approximate surface area is 130 Å². The molecule has 2 rings (SSSR count). The molecule has 0 amide bonds. The van der Waals surface area contributed by atoms with Crippen LogP contribution in [0.25, 0.3) is 0 Å². The van der Waals surface area contributed by atoms with Gasteiger partial charge >= 0.3 is 0 Å². The lowest BCUT2D eigenvalue weighted by atomic mass is 10.0. The topological polar surface area (TPSA) is 29.3 Å². The van der Waals surface area contributed by atoms with Crippen molar-refractivity contribution in [3.8, 4) is 0 Å². The van der Waals surface area contributed by atoms with Crippen LogP contribution in [-0.4, -0.2) is 18.5 Å². The molecule has 0 aliphatic rings. The highest BCUT2D eigenvalue weighted by Gasteiger charge is 2.16. The van der Waals surface area contributed by atoms with E-state index in [1.54, 1.807) is 0 Å². The van der Waals surface area contributed by atoms with Gasteiger partial charge in [0, 0.05) is 29.2 Å². The van der Waals surface area contributed by atoms with Crippen LogP contribution >= 0.6 is 23.2 Å². The number of likely N-dealkylation sites (N-methyl/N-ethyl adjacent to an activating group) is 1. The third-order valence-electron chi connectivity index (χ3n) is 3.37. The smallest absolute Gasteiger partial charge is 0.0471 e. The van der Waals surface area contributed by atoms with Gasteiger partial charge in [-0.25, -0.2) is 0 Å². The minimum Gasteiger partial charge on any atom is -0.329 e. The summed E-state index contributed by atoms with van der Waals surface area (Å²) in [6.07, 6.45) is 0. The highest BCUT2D eigenvalue weighted by molar-refractivity contribution is 6.31. The summed E-state index contributed by atoms with van der Waals surface area (Å²) < 4.78 is 0. The van der Waals surface area contributed by atoms with Gasteiger partial charge in [0.1, 0.15) is 0 Å². The zero-order valence-corrected chi connectivity index (χ0v) is 12.9. The van der Waals surface area contributed by atoms with Crippen molar-refractivity contribution >= 4 is 23.2 Å². The maximum atomic E-state index is 6.21. The first-order valence-electron chi connectivity index (χ1n) is 6.51. The van der Waals surface area contributed by atoms with Crippen LogP contribution in [0.2, 0.25) is 10.0 Å². The van der Waals surface area contributed by atoms with E-state index in [1.165, 1.54) is 0 Å². The Bertz CT molecular complexity index is 572. The lowest BCUT2D eigenvalue weighted by molar-refractivity contribution is 0.242. The van der Waals surface area contributed by atoms with E-state index in [4.69, 9.17) is 28.9 Å². The Balaban J connectivity index is 2.17. The summed E-state index contributed by atoms with van der Waals surface area (Å²) in [5, 5.41) is 1.51. The van der Waals surface area contributed by atoms with Gasteiger partial charge in [0.15, 0.2) is 0 Å². The molecule has 0 bridgehead atoms. The van der Waals surface area contributed by atoms with Crippen molar-refractivity contribution in [3.05, 3.63) is 69.7 Å². The Kier molecular flexibility index (Phi) is 5.44. The van der Waals surface area contributed by atoms with E-state index in [-0.39, 0.29) is 6.04 Å². The molecule has 0 saturated heterocycles. The molecule has 2 aromatic rings. The maximum absolute atomic E-state index is 6.21. The molecular formula is C16H18Cl2N2. The number of nitrogens with two attached hydrogens (primary N) is 1. The van der Waals surface area contributed by atoms with Crippen LogP contribution in [0.15, 0.2) is 48.5 Å². The molecule has 0 radical (unpaired) electrons. The van der Waals surface area contributed by atoms with E-state index in [2.05, 4.69) is 4.90 Å². The van der Waals surface area contributed by atoms with Crippen LogP contribution in [0.4, 0.5) is 0 Å². The van der Waals surface area contributed by atoms with E-state index in [0.29, 0.717) is 6.54 Å². The predicted octanol–water partition coefficient (Wildman–Crippen LogP) is 4.13. The third kappa shape index (κ3) is 3.74. The largest absolute Gasteiger partial charge is 0.329 e. The minimum absolute atomic E-state index is 0.116. The quantitative estimate of drug-likeness (QED) is 0.900. The number of nitrogens with zero attached hydrogens (tertiary/aromatic N) is 1. The molecule has 4 heteroatoms. The molecule has 2 aromatic carbocycles. The predicted molar refractivity (Wildman–Crippen MR) is 86.2 cm³/mol. The summed E-state index contributed by atoms with van der Waals surface area (Å²) in [5.41, 5.74) is 8.14. The second-order valence-electron chi connectivity index (χ2n) is 4.81. The monoisotopic (exact) mass is 308 g/mol. The fraction of sp³-hybridized carbons (Fsp3) is 0.250. The van der Waals surface area contributed by atoms with E-state index in [9.17, 15) is 0 Å². The lowest BCUT2D eigenvalue weighted by Gasteiger charge is -2.28. The standard InChI is InChI=1S/C16H18Cl2N2/c1-20(11-13-5-2-3-8-15(13)18)16(10-19)12-6-4-7-14(17)9-12/h2-9,16H,10-11,19H2,1H3. The summed E-state index contributed by atoms with van der Waals surface area (Å²) >= 11 is 12.3. The van der Waals surface area contributed by atoms with Crippen LogP contribution in [0.1, 0.15) is 17.2 Å². The molecule has 0 aromatic heterocycles. The number of hydrogen-bond acceptors (Lipinski definition) is 2. The first-order chi connectivity index (χ1) is 9.61. The van der Waals surface area contributed by atoms with Crippen molar-refractivity contribution in [1.29, 1.82) is 0 Å². The number of rotatable bonds is 5. The van der Waals surface area contributed by atoms with Crippen LogP contribution < -0.4 is 5.73 Å². The lowest BCUT2D eigenvalue weighted by Crippen LogP contribution is -2.30. The van der Waals surface area contributed by atoms with Gasteiger partial charge in [-0.2, -0.15) is 0 Å². The van der Waals surface area contributed by atoms with Crippen LogP contribution in [0.5, 0.6) is 0 Å². The molecule has 1 atom stereocenters. The van der Waals surface area contributed by atoms with Gasteiger partial charge in [-0.3, -0.25) is 4.90 Å². The second kappa shape index (κ2) is 7.09. The first kappa shape index (κ1) is 15.3. The molecule has 20 heavy (non-hydrogen) atoms. The Morgan fingerprint density at radius 2 is 1.85 bits per heavy atom. The number of halogens is 2. The molecule has 0 heterocycles. The molecule has 2 N–H and O–H groups in total. The van der Waals surface area contributed by atoms with Crippen molar-refractivity contribution in [3.63, 3.8) is 0 Å². The number of benzene rings is 2. The molecule has 0 spiro atoms. The third-order valence-corrected chi connectivity index (χ3v) is 3.97. The zero-order chi connectivity index (χ0) is 14.5. The molecule has 0 aliphatic heterocycles. The van der Waals surface area contributed by atoms with Gasteiger partial charge in [0.2, 0.25) is 0 Å². The molecule has 2 nitrogen and oxygen atoms in total. The maximum Gasteiger partial charge on any atom is 0.0471 e. The van der Waals surface area contributed by atoms with Crippen molar-refractivity contribution in [1.82, 2.24) is 4.90 Å². The summed E-state index contributed by atoms with van der Waals surface area (Å²) in [7, 11) is 2.04. The number of hydrogen-bond donors (Lipinski definition) is 1. The SMILES string of the molecule is CN(Cc1ccccc1Cl)C(CN)c1cccc(Cl)c1. The Hall–Kier alpha value is -1.06. The van der Waals surface area contributed by atoms with E-state index in [1.807, 2.05) is 55.6 Å². The highest BCUT2D eigenvalue weighted by atomic mass is 35.5. The first-order valence-corrected chi connectivity index (χ1v) is 7.26. The van der Waals surface area contributed by atoms with E-state index in [0.717, 1.165) is 27.7 Å². The summed E-state index contributed by atoms with van der Waals surface area (Å²) in [6.45, 7) is 1.27. The van der Waals surface area contributed by atoms with Crippen molar-refractivity contribution < 1.29 is 0 Å². The van der Waals surface area contributed by atoms with Crippen molar-refractivity contribution in [2.24, 2.45) is 5.73 Å². The summed E-state index contributed by atoms with van der Waals surface area (Å²) in [4.78, 5) is 2.19. The molecule has 106 valence electrons. The normalized spacial score (nSPS) is 12.7. The van der Waals surface area contributed by atoms with Gasteiger partial charge in [-0.15, -0.1) is 0 Å². The van der Waals surface area contributed by atoms with E-state index < -0.39 is 0 Å². The van der Waals surface area contributed by atoms with Gasteiger partial charge in [-0.1, -0.05) is 53.5 Å². The average Bonchev–Trinajstić information content (AvgIpc) is 2.42. The van der Waals surface area contributed by atoms with Crippen LogP contribution in [0.3, 0.4) is 0 Å². The summed E-state index contributed by atoms with van der Waals surface area (Å²) in [5.74, 6) is 0. The minimum atomic E-state index is 0.116.